The number of carbonyl (C=O) groups excluding carboxylic acids is 1. The van der Waals surface area contributed by atoms with Crippen molar-refractivity contribution in [2.24, 2.45) is 0 Å². The molecule has 0 aliphatic carbocycles. The van der Waals surface area contributed by atoms with Gasteiger partial charge in [-0.1, -0.05) is 0 Å². The molecule has 18 heavy (non-hydrogen) atoms. The predicted octanol–water partition coefficient (Wildman–Crippen LogP) is 2.00. The minimum atomic E-state index is -0.154. The van der Waals surface area contributed by atoms with Crippen LogP contribution in [-0.2, 0) is 11.3 Å². The van der Waals surface area contributed by atoms with Crippen LogP contribution in [0.15, 0.2) is 36.7 Å². The van der Waals surface area contributed by atoms with Gasteiger partial charge in [0, 0.05) is 11.9 Å². The number of nitrogens with zero attached hydrogens (tertiary/aromatic N) is 3. The first-order valence-electron chi connectivity index (χ1n) is 5.15. The molecule has 90 valence electrons. The zero-order valence-electron chi connectivity index (χ0n) is 9.30. The van der Waals surface area contributed by atoms with Crippen LogP contribution in [0.5, 0.6) is 0 Å². The second-order valence-corrected chi connectivity index (χ2v) is 4.84. The fourth-order valence-electron chi connectivity index (χ4n) is 1.40. The highest BCUT2D eigenvalue weighted by molar-refractivity contribution is 14.1. The topological polar surface area (TPSA) is 70.7 Å². The molecule has 1 aromatic heterocycles. The van der Waals surface area contributed by atoms with Crippen molar-refractivity contribution >= 4 is 34.2 Å². The molecule has 6 heteroatoms. The van der Waals surface area contributed by atoms with Crippen LogP contribution in [0.1, 0.15) is 5.56 Å². The molecule has 0 radical (unpaired) electrons. The van der Waals surface area contributed by atoms with Crippen LogP contribution in [0, 0.1) is 14.9 Å². The van der Waals surface area contributed by atoms with Crippen LogP contribution >= 0.6 is 22.6 Å². The van der Waals surface area contributed by atoms with Gasteiger partial charge >= 0.3 is 0 Å². The van der Waals surface area contributed by atoms with E-state index < -0.39 is 0 Å². The first-order chi connectivity index (χ1) is 8.67. The number of amides is 1. The van der Waals surface area contributed by atoms with Gasteiger partial charge in [-0.3, -0.25) is 9.48 Å². The molecule has 0 aliphatic rings. The summed E-state index contributed by atoms with van der Waals surface area (Å²) in [6, 6.07) is 8.74. The van der Waals surface area contributed by atoms with Crippen LogP contribution in [0.25, 0.3) is 0 Å². The van der Waals surface area contributed by atoms with Crippen LogP contribution in [-0.4, -0.2) is 15.7 Å². The maximum absolute atomic E-state index is 11.7. The monoisotopic (exact) mass is 352 g/mol. The van der Waals surface area contributed by atoms with Gasteiger partial charge in [-0.15, -0.1) is 0 Å². The van der Waals surface area contributed by atoms with Crippen molar-refractivity contribution in [2.45, 2.75) is 6.54 Å². The summed E-state index contributed by atoms with van der Waals surface area (Å²) in [5, 5.41) is 15.4. The number of nitrogens with one attached hydrogen (secondary N) is 1. The van der Waals surface area contributed by atoms with Gasteiger partial charge in [0.15, 0.2) is 0 Å². The van der Waals surface area contributed by atoms with E-state index in [1.165, 1.54) is 0 Å². The SMILES string of the molecule is N#Cc1ccc(NC(=O)Cn2cc(I)cn2)cc1. The van der Waals surface area contributed by atoms with Gasteiger partial charge in [-0.05, 0) is 46.9 Å². The number of aromatic nitrogens is 2. The average Bonchev–Trinajstić information content (AvgIpc) is 2.75. The minimum Gasteiger partial charge on any atom is -0.324 e. The number of hydrogen-bond donors (Lipinski definition) is 1. The molecule has 2 rings (SSSR count). The molecule has 1 amide bonds. The first-order valence-corrected chi connectivity index (χ1v) is 6.23. The Morgan fingerprint density at radius 1 is 1.44 bits per heavy atom. The zero-order valence-corrected chi connectivity index (χ0v) is 11.5. The van der Waals surface area contributed by atoms with E-state index in [1.807, 2.05) is 6.07 Å². The Morgan fingerprint density at radius 3 is 2.72 bits per heavy atom. The van der Waals surface area contributed by atoms with Crippen LogP contribution in [0.3, 0.4) is 0 Å². The summed E-state index contributed by atoms with van der Waals surface area (Å²) in [7, 11) is 0. The molecule has 5 nitrogen and oxygen atoms in total. The summed E-state index contributed by atoms with van der Waals surface area (Å²) in [5.74, 6) is -0.154. The molecule has 0 spiro atoms. The fraction of sp³-hybridized carbons (Fsp3) is 0.0833. The van der Waals surface area contributed by atoms with E-state index in [0.717, 1.165) is 3.57 Å². The molecule has 0 aliphatic heterocycles. The summed E-state index contributed by atoms with van der Waals surface area (Å²) in [6.07, 6.45) is 3.48. The Labute approximate surface area is 118 Å². The van der Waals surface area contributed by atoms with Gasteiger partial charge in [0.05, 0.1) is 21.4 Å². The number of carbonyl (C=O) groups is 1. The highest BCUT2D eigenvalue weighted by atomic mass is 127. The van der Waals surface area contributed by atoms with E-state index in [2.05, 4.69) is 33.0 Å². The summed E-state index contributed by atoms with van der Waals surface area (Å²) >= 11 is 2.13. The Bertz CT molecular complexity index is 597. The number of benzene rings is 1. The lowest BCUT2D eigenvalue weighted by Gasteiger charge is -2.05. The van der Waals surface area contributed by atoms with Crippen molar-refractivity contribution < 1.29 is 4.79 Å². The van der Waals surface area contributed by atoms with E-state index in [9.17, 15) is 4.79 Å². The lowest BCUT2D eigenvalue weighted by atomic mass is 10.2. The number of rotatable bonds is 3. The molecule has 0 bridgehead atoms. The zero-order chi connectivity index (χ0) is 13.0. The highest BCUT2D eigenvalue weighted by Crippen LogP contribution is 2.09. The molecule has 0 atom stereocenters. The maximum Gasteiger partial charge on any atom is 0.246 e. The van der Waals surface area contributed by atoms with Gasteiger partial charge in [-0.25, -0.2) is 0 Å². The van der Waals surface area contributed by atoms with Crippen molar-refractivity contribution in [1.29, 1.82) is 5.26 Å². The number of halogens is 1. The Balaban J connectivity index is 1.96. The minimum absolute atomic E-state index is 0.154. The summed E-state index contributed by atoms with van der Waals surface area (Å²) in [5.41, 5.74) is 1.23. The van der Waals surface area contributed by atoms with Crippen molar-refractivity contribution in [3.05, 3.63) is 45.8 Å². The fourth-order valence-corrected chi connectivity index (χ4v) is 1.85. The van der Waals surface area contributed by atoms with Gasteiger partial charge in [0.2, 0.25) is 5.91 Å². The predicted molar refractivity (Wildman–Crippen MR) is 74.7 cm³/mol. The van der Waals surface area contributed by atoms with Gasteiger partial charge < -0.3 is 5.32 Å². The Morgan fingerprint density at radius 2 is 2.17 bits per heavy atom. The van der Waals surface area contributed by atoms with E-state index in [0.29, 0.717) is 11.3 Å². The molecular formula is C12H9IN4O. The van der Waals surface area contributed by atoms with E-state index >= 15 is 0 Å². The lowest BCUT2D eigenvalue weighted by Crippen LogP contribution is -2.18. The second-order valence-electron chi connectivity index (χ2n) is 3.59. The third kappa shape index (κ3) is 3.30. The third-order valence-corrected chi connectivity index (χ3v) is 2.76. The van der Waals surface area contributed by atoms with Crippen molar-refractivity contribution in [1.82, 2.24) is 9.78 Å². The Kier molecular flexibility index (Phi) is 3.94. The van der Waals surface area contributed by atoms with Crippen molar-refractivity contribution in [2.75, 3.05) is 5.32 Å². The highest BCUT2D eigenvalue weighted by Gasteiger charge is 2.04. The molecule has 1 heterocycles. The number of nitriles is 1. The molecule has 1 aromatic carbocycles. The molecule has 0 saturated carbocycles. The van der Waals surface area contributed by atoms with Gasteiger partial charge in [0.25, 0.3) is 0 Å². The largest absolute Gasteiger partial charge is 0.324 e. The normalized spacial score (nSPS) is 9.78. The first kappa shape index (κ1) is 12.6. The van der Waals surface area contributed by atoms with E-state index in [-0.39, 0.29) is 12.5 Å². The standard InChI is InChI=1S/C12H9IN4O/c13-10-6-15-17(7-10)8-12(18)16-11-3-1-9(5-14)2-4-11/h1-4,6-7H,8H2,(H,16,18). The van der Waals surface area contributed by atoms with E-state index in [4.69, 9.17) is 5.26 Å². The number of anilines is 1. The van der Waals surface area contributed by atoms with E-state index in [1.54, 1.807) is 41.3 Å². The summed E-state index contributed by atoms with van der Waals surface area (Å²) < 4.78 is 2.56. The van der Waals surface area contributed by atoms with Crippen molar-refractivity contribution in [3.63, 3.8) is 0 Å². The number of hydrogen-bond acceptors (Lipinski definition) is 3. The summed E-state index contributed by atoms with van der Waals surface area (Å²) in [4.78, 5) is 11.7. The molecular weight excluding hydrogens is 343 g/mol. The van der Waals surface area contributed by atoms with Crippen LogP contribution in [0.2, 0.25) is 0 Å². The molecule has 0 saturated heterocycles. The molecule has 1 N–H and O–H groups in total. The summed E-state index contributed by atoms with van der Waals surface area (Å²) in [6.45, 7) is 0.170. The van der Waals surface area contributed by atoms with Crippen LogP contribution < -0.4 is 5.32 Å². The quantitative estimate of drug-likeness (QED) is 0.859. The molecule has 2 aromatic rings. The van der Waals surface area contributed by atoms with Gasteiger partial charge in [-0.2, -0.15) is 10.4 Å². The molecule has 0 fully saturated rings. The molecule has 0 unspecified atom stereocenters. The maximum atomic E-state index is 11.7. The van der Waals surface area contributed by atoms with Gasteiger partial charge in [0.1, 0.15) is 6.54 Å². The lowest BCUT2D eigenvalue weighted by molar-refractivity contribution is -0.116. The van der Waals surface area contributed by atoms with Crippen molar-refractivity contribution in [3.8, 4) is 6.07 Å². The second kappa shape index (κ2) is 5.64. The average molecular weight is 352 g/mol. The smallest absolute Gasteiger partial charge is 0.246 e. The third-order valence-electron chi connectivity index (χ3n) is 2.21. The van der Waals surface area contributed by atoms with Crippen LogP contribution in [0.4, 0.5) is 5.69 Å². The Hall–Kier alpha value is -1.88.